The lowest BCUT2D eigenvalue weighted by Gasteiger charge is -2.27. The van der Waals surface area contributed by atoms with Gasteiger partial charge in [0.25, 0.3) is 0 Å². The predicted molar refractivity (Wildman–Crippen MR) is 129 cm³/mol. The van der Waals surface area contributed by atoms with Gasteiger partial charge in [-0.1, -0.05) is 29.5 Å². The third-order valence-electron chi connectivity index (χ3n) is 5.76. The van der Waals surface area contributed by atoms with Gasteiger partial charge in [0, 0.05) is 37.0 Å². The number of amides is 1. The molecule has 0 aliphatic carbocycles. The second-order valence-corrected chi connectivity index (χ2v) is 9.28. The van der Waals surface area contributed by atoms with Crippen LogP contribution >= 0.6 is 11.8 Å². The number of carbonyl (C=O) groups excluding carboxylic acids is 1. The van der Waals surface area contributed by atoms with Crippen molar-refractivity contribution in [3.05, 3.63) is 48.0 Å². The molecule has 1 fully saturated rings. The van der Waals surface area contributed by atoms with E-state index in [0.717, 1.165) is 29.9 Å². The van der Waals surface area contributed by atoms with E-state index in [9.17, 15) is 4.79 Å². The van der Waals surface area contributed by atoms with Crippen LogP contribution in [-0.4, -0.2) is 46.3 Å². The van der Waals surface area contributed by atoms with Crippen molar-refractivity contribution in [2.75, 3.05) is 35.9 Å². The van der Waals surface area contributed by atoms with E-state index >= 15 is 0 Å². The van der Waals surface area contributed by atoms with E-state index in [-0.39, 0.29) is 12.7 Å². The molecule has 8 nitrogen and oxygen atoms in total. The number of aryl methyl sites for hydroxylation is 1. The number of hydrogen-bond acceptors (Lipinski definition) is 7. The van der Waals surface area contributed by atoms with E-state index in [1.807, 2.05) is 6.07 Å². The molecular weight excluding hydrogens is 438 g/mol. The Morgan fingerprint density at radius 2 is 1.82 bits per heavy atom. The van der Waals surface area contributed by atoms with Crippen LogP contribution < -0.4 is 19.7 Å². The molecule has 3 heterocycles. The van der Waals surface area contributed by atoms with Crippen molar-refractivity contribution >= 4 is 29.3 Å². The Balaban J connectivity index is 1.26. The standard InChI is InChI=1S/C24H27N5O3S/c1-17-5-8-19(9-6-17)29-23(28-12-3-2-4-13-28)26-27-24(29)33-14-11-22(30)25-18-7-10-20-21(15-18)32-16-31-20/h5-10,15H,2-4,11-14,16H2,1H3,(H,25,30). The molecule has 0 radical (unpaired) electrons. The summed E-state index contributed by atoms with van der Waals surface area (Å²) in [7, 11) is 0. The molecule has 3 aromatic rings. The average Bonchev–Trinajstić information content (AvgIpc) is 3.47. The maximum Gasteiger partial charge on any atom is 0.232 e. The lowest BCUT2D eigenvalue weighted by molar-refractivity contribution is -0.115. The van der Waals surface area contributed by atoms with Crippen molar-refractivity contribution < 1.29 is 14.3 Å². The quantitative estimate of drug-likeness (QED) is 0.518. The molecule has 0 saturated carbocycles. The zero-order valence-corrected chi connectivity index (χ0v) is 19.4. The maximum absolute atomic E-state index is 12.5. The number of aromatic nitrogens is 3. The summed E-state index contributed by atoms with van der Waals surface area (Å²) in [4.78, 5) is 14.8. The van der Waals surface area contributed by atoms with Gasteiger partial charge in [-0.15, -0.1) is 10.2 Å². The van der Waals surface area contributed by atoms with E-state index in [1.165, 1.54) is 24.8 Å². The van der Waals surface area contributed by atoms with Crippen molar-refractivity contribution in [2.24, 2.45) is 0 Å². The predicted octanol–water partition coefficient (Wildman–Crippen LogP) is 4.42. The first-order valence-corrected chi connectivity index (χ1v) is 12.3. The fourth-order valence-corrected chi connectivity index (χ4v) is 4.89. The Labute approximate surface area is 197 Å². The fraction of sp³-hybridized carbons (Fsp3) is 0.375. The number of fused-ring (bicyclic) bond motifs is 1. The lowest BCUT2D eigenvalue weighted by Crippen LogP contribution is -2.31. The highest BCUT2D eigenvalue weighted by atomic mass is 32.2. The van der Waals surface area contributed by atoms with Gasteiger partial charge < -0.3 is 19.7 Å². The minimum Gasteiger partial charge on any atom is -0.454 e. The molecule has 5 rings (SSSR count). The van der Waals surface area contributed by atoms with Gasteiger partial charge in [0.15, 0.2) is 16.7 Å². The van der Waals surface area contributed by atoms with Crippen LogP contribution in [0.15, 0.2) is 47.6 Å². The highest BCUT2D eigenvalue weighted by Crippen LogP contribution is 2.34. The SMILES string of the molecule is Cc1ccc(-n2c(SCCC(=O)Nc3ccc4c(c3)OCO4)nnc2N2CCCCC2)cc1. The van der Waals surface area contributed by atoms with Gasteiger partial charge in [0.05, 0.1) is 5.69 Å². The van der Waals surface area contributed by atoms with Crippen LogP contribution in [0.2, 0.25) is 0 Å². The molecule has 1 amide bonds. The normalized spacial score (nSPS) is 15.0. The van der Waals surface area contributed by atoms with Gasteiger partial charge in [0.2, 0.25) is 18.6 Å². The summed E-state index contributed by atoms with van der Waals surface area (Å²) < 4.78 is 12.8. The Bertz CT molecular complexity index is 1130. The molecule has 33 heavy (non-hydrogen) atoms. The first kappa shape index (κ1) is 21.6. The minimum absolute atomic E-state index is 0.0565. The van der Waals surface area contributed by atoms with Crippen LogP contribution in [0.3, 0.4) is 0 Å². The summed E-state index contributed by atoms with van der Waals surface area (Å²) in [5.41, 5.74) is 2.95. The van der Waals surface area contributed by atoms with E-state index in [0.29, 0.717) is 29.4 Å². The Kier molecular flexibility index (Phi) is 6.39. The highest BCUT2D eigenvalue weighted by molar-refractivity contribution is 7.99. The third kappa shape index (κ3) is 4.93. The maximum atomic E-state index is 12.5. The molecule has 9 heteroatoms. The van der Waals surface area contributed by atoms with Gasteiger partial charge >= 0.3 is 0 Å². The van der Waals surface area contributed by atoms with Crippen LogP contribution in [0.5, 0.6) is 11.5 Å². The molecule has 1 aromatic heterocycles. The molecule has 1 saturated heterocycles. The summed E-state index contributed by atoms with van der Waals surface area (Å²) in [6, 6.07) is 13.8. The number of benzene rings is 2. The van der Waals surface area contributed by atoms with Crippen LogP contribution in [0.25, 0.3) is 5.69 Å². The van der Waals surface area contributed by atoms with Gasteiger partial charge in [-0.2, -0.15) is 0 Å². The van der Waals surface area contributed by atoms with Crippen LogP contribution in [0, 0.1) is 6.92 Å². The molecule has 0 spiro atoms. The molecule has 2 aromatic carbocycles. The highest BCUT2D eigenvalue weighted by Gasteiger charge is 2.22. The second kappa shape index (κ2) is 9.74. The molecule has 0 unspecified atom stereocenters. The van der Waals surface area contributed by atoms with Crippen molar-refractivity contribution in [3.63, 3.8) is 0 Å². The molecule has 2 aliphatic heterocycles. The smallest absolute Gasteiger partial charge is 0.232 e. The Hall–Kier alpha value is -3.20. The zero-order valence-electron chi connectivity index (χ0n) is 18.6. The monoisotopic (exact) mass is 465 g/mol. The summed E-state index contributed by atoms with van der Waals surface area (Å²) in [6.45, 7) is 4.28. The molecule has 2 aliphatic rings. The van der Waals surface area contributed by atoms with E-state index in [4.69, 9.17) is 9.47 Å². The minimum atomic E-state index is -0.0565. The van der Waals surface area contributed by atoms with E-state index < -0.39 is 0 Å². The van der Waals surface area contributed by atoms with Gasteiger partial charge in [-0.05, 0) is 50.5 Å². The lowest BCUT2D eigenvalue weighted by atomic mass is 10.1. The van der Waals surface area contributed by atoms with Gasteiger partial charge in [0.1, 0.15) is 0 Å². The second-order valence-electron chi connectivity index (χ2n) is 8.22. The first-order chi connectivity index (χ1) is 16.2. The van der Waals surface area contributed by atoms with E-state index in [1.54, 1.807) is 23.9 Å². The first-order valence-electron chi connectivity index (χ1n) is 11.3. The van der Waals surface area contributed by atoms with Crippen molar-refractivity contribution in [1.29, 1.82) is 0 Å². The molecule has 172 valence electrons. The van der Waals surface area contributed by atoms with Crippen LogP contribution in [0.4, 0.5) is 11.6 Å². The number of rotatable bonds is 7. The topological polar surface area (TPSA) is 81.5 Å². The van der Waals surface area contributed by atoms with Crippen LogP contribution in [0.1, 0.15) is 31.2 Å². The number of nitrogens with zero attached hydrogens (tertiary/aromatic N) is 4. The number of anilines is 2. The average molecular weight is 466 g/mol. The third-order valence-corrected chi connectivity index (χ3v) is 6.69. The Morgan fingerprint density at radius 3 is 2.64 bits per heavy atom. The molecule has 1 N–H and O–H groups in total. The fourth-order valence-electron chi connectivity index (χ4n) is 4.01. The largest absolute Gasteiger partial charge is 0.454 e. The number of piperidine rings is 1. The Morgan fingerprint density at radius 1 is 1.03 bits per heavy atom. The van der Waals surface area contributed by atoms with Gasteiger partial charge in [-0.25, -0.2) is 0 Å². The van der Waals surface area contributed by atoms with Crippen molar-refractivity contribution in [3.8, 4) is 17.2 Å². The summed E-state index contributed by atoms with van der Waals surface area (Å²) in [5.74, 6) is 2.77. The number of ether oxygens (including phenoxy) is 2. The number of carbonyl (C=O) groups is 1. The summed E-state index contributed by atoms with van der Waals surface area (Å²) >= 11 is 1.55. The van der Waals surface area contributed by atoms with Crippen molar-refractivity contribution in [2.45, 2.75) is 37.8 Å². The van der Waals surface area contributed by atoms with Crippen molar-refractivity contribution in [1.82, 2.24) is 14.8 Å². The summed E-state index contributed by atoms with van der Waals surface area (Å²) in [6.07, 6.45) is 3.96. The van der Waals surface area contributed by atoms with Crippen LogP contribution in [-0.2, 0) is 4.79 Å². The number of hydrogen-bond donors (Lipinski definition) is 1. The zero-order chi connectivity index (χ0) is 22.6. The molecule has 0 atom stereocenters. The summed E-state index contributed by atoms with van der Waals surface area (Å²) in [5, 5.41) is 12.7. The number of thioether (sulfide) groups is 1. The van der Waals surface area contributed by atoms with E-state index in [2.05, 4.69) is 56.2 Å². The molecular formula is C24H27N5O3S. The molecule has 0 bridgehead atoms. The van der Waals surface area contributed by atoms with Gasteiger partial charge in [-0.3, -0.25) is 9.36 Å². The number of nitrogens with one attached hydrogen (secondary N) is 1.